The molecule has 9 heteroatoms. The Morgan fingerprint density at radius 1 is 1.17 bits per heavy atom. The molecule has 0 aliphatic heterocycles. The molecule has 2 aromatic rings. The second kappa shape index (κ2) is 9.79. The smallest absolute Gasteiger partial charge is 0.338 e. The zero-order valence-corrected chi connectivity index (χ0v) is 16.9. The van der Waals surface area contributed by atoms with E-state index in [0.29, 0.717) is 22.2 Å². The lowest BCUT2D eigenvalue weighted by molar-refractivity contribution is -0.123. The third-order valence-corrected chi connectivity index (χ3v) is 4.27. The SMILES string of the molecule is COc1cc(Cl)c(C)cc1NC(=O)[C@@H](C)OC(=O)c1ccc(OCC(N)=O)cc1. The molecule has 0 aromatic heterocycles. The summed E-state index contributed by atoms with van der Waals surface area (Å²) >= 11 is 6.05. The number of benzene rings is 2. The fourth-order valence-electron chi connectivity index (χ4n) is 2.29. The summed E-state index contributed by atoms with van der Waals surface area (Å²) < 4.78 is 15.5. The van der Waals surface area contributed by atoms with Crippen molar-refractivity contribution in [3.8, 4) is 11.5 Å². The van der Waals surface area contributed by atoms with Crippen LogP contribution in [-0.4, -0.2) is 37.6 Å². The minimum atomic E-state index is -1.06. The average Bonchev–Trinajstić information content (AvgIpc) is 2.69. The van der Waals surface area contributed by atoms with Crippen LogP contribution in [0.15, 0.2) is 36.4 Å². The molecule has 0 aliphatic rings. The molecule has 0 spiro atoms. The Morgan fingerprint density at radius 3 is 2.41 bits per heavy atom. The first kappa shape index (κ1) is 22.0. The summed E-state index contributed by atoms with van der Waals surface area (Å²) in [7, 11) is 1.46. The van der Waals surface area contributed by atoms with Gasteiger partial charge < -0.3 is 25.3 Å². The van der Waals surface area contributed by atoms with E-state index in [0.717, 1.165) is 5.56 Å². The van der Waals surface area contributed by atoms with Crippen LogP contribution in [0.4, 0.5) is 5.69 Å². The second-order valence-electron chi connectivity index (χ2n) is 6.12. The van der Waals surface area contributed by atoms with Crippen molar-refractivity contribution in [2.45, 2.75) is 20.0 Å². The number of aryl methyl sites for hydroxylation is 1. The van der Waals surface area contributed by atoms with Crippen molar-refractivity contribution >= 4 is 35.1 Å². The summed E-state index contributed by atoms with van der Waals surface area (Å²) in [5.74, 6) is -1.07. The van der Waals surface area contributed by atoms with Crippen molar-refractivity contribution in [1.29, 1.82) is 0 Å². The molecule has 154 valence electrons. The van der Waals surface area contributed by atoms with Gasteiger partial charge in [-0.3, -0.25) is 9.59 Å². The predicted molar refractivity (Wildman–Crippen MR) is 107 cm³/mol. The lowest BCUT2D eigenvalue weighted by atomic mass is 10.2. The first-order chi connectivity index (χ1) is 13.7. The second-order valence-corrected chi connectivity index (χ2v) is 6.53. The molecular weight excluding hydrogens is 400 g/mol. The average molecular weight is 421 g/mol. The normalized spacial score (nSPS) is 11.3. The van der Waals surface area contributed by atoms with E-state index in [9.17, 15) is 14.4 Å². The zero-order valence-electron chi connectivity index (χ0n) is 16.2. The number of carbonyl (C=O) groups excluding carboxylic acids is 3. The maximum absolute atomic E-state index is 12.4. The Balaban J connectivity index is 1.99. The molecule has 1 atom stereocenters. The van der Waals surface area contributed by atoms with E-state index in [1.165, 1.54) is 38.3 Å². The Labute approximate surface area is 172 Å². The number of rotatable bonds is 8. The Morgan fingerprint density at radius 2 is 1.83 bits per heavy atom. The maximum atomic E-state index is 12.4. The molecule has 0 bridgehead atoms. The highest BCUT2D eigenvalue weighted by molar-refractivity contribution is 6.31. The van der Waals surface area contributed by atoms with Gasteiger partial charge in [-0.15, -0.1) is 0 Å². The van der Waals surface area contributed by atoms with Crippen LogP contribution in [-0.2, 0) is 14.3 Å². The first-order valence-electron chi connectivity index (χ1n) is 8.58. The summed E-state index contributed by atoms with van der Waals surface area (Å²) in [5.41, 5.74) is 6.39. The number of halogens is 1. The van der Waals surface area contributed by atoms with Crippen LogP contribution in [0.1, 0.15) is 22.8 Å². The number of hydrogen-bond donors (Lipinski definition) is 2. The quantitative estimate of drug-likeness (QED) is 0.634. The highest BCUT2D eigenvalue weighted by Gasteiger charge is 2.21. The number of nitrogens with two attached hydrogens (primary N) is 1. The summed E-state index contributed by atoms with van der Waals surface area (Å²) in [6.07, 6.45) is -1.06. The predicted octanol–water partition coefficient (Wildman–Crippen LogP) is 2.71. The fraction of sp³-hybridized carbons (Fsp3) is 0.250. The van der Waals surface area contributed by atoms with Crippen LogP contribution >= 0.6 is 11.6 Å². The Bertz CT molecular complexity index is 914. The number of esters is 1. The topological polar surface area (TPSA) is 117 Å². The minimum absolute atomic E-state index is 0.219. The molecule has 0 unspecified atom stereocenters. The summed E-state index contributed by atoms with van der Waals surface area (Å²) in [6.45, 7) is 2.97. The molecule has 0 saturated carbocycles. The van der Waals surface area contributed by atoms with Gasteiger partial charge in [0.2, 0.25) is 0 Å². The van der Waals surface area contributed by atoms with Crippen molar-refractivity contribution in [1.82, 2.24) is 0 Å². The molecule has 0 heterocycles. The molecule has 8 nitrogen and oxygen atoms in total. The summed E-state index contributed by atoms with van der Waals surface area (Å²) in [6, 6.07) is 9.14. The molecule has 0 aliphatic carbocycles. The van der Waals surface area contributed by atoms with Gasteiger partial charge in [-0.05, 0) is 49.7 Å². The van der Waals surface area contributed by atoms with Crippen LogP contribution in [0, 0.1) is 6.92 Å². The molecule has 0 radical (unpaired) electrons. The van der Waals surface area contributed by atoms with Gasteiger partial charge in [-0.1, -0.05) is 11.6 Å². The van der Waals surface area contributed by atoms with Crippen molar-refractivity contribution < 1.29 is 28.6 Å². The van der Waals surface area contributed by atoms with E-state index in [2.05, 4.69) is 5.32 Å². The number of primary amides is 1. The monoisotopic (exact) mass is 420 g/mol. The number of hydrogen-bond acceptors (Lipinski definition) is 6. The summed E-state index contributed by atoms with van der Waals surface area (Å²) in [4.78, 5) is 35.4. The van der Waals surface area contributed by atoms with Gasteiger partial charge in [0.15, 0.2) is 12.7 Å². The Hall–Kier alpha value is -3.26. The minimum Gasteiger partial charge on any atom is -0.495 e. The summed E-state index contributed by atoms with van der Waals surface area (Å²) in [5, 5.41) is 3.16. The number of nitrogens with one attached hydrogen (secondary N) is 1. The van der Waals surface area contributed by atoms with Gasteiger partial charge in [0, 0.05) is 11.1 Å². The van der Waals surface area contributed by atoms with Crippen molar-refractivity contribution in [2.75, 3.05) is 19.0 Å². The molecular formula is C20H21ClN2O6. The van der Waals surface area contributed by atoms with E-state index in [4.69, 9.17) is 31.5 Å². The Kier molecular flexibility index (Phi) is 7.44. The third-order valence-electron chi connectivity index (χ3n) is 3.86. The van der Waals surface area contributed by atoms with Crippen LogP contribution in [0.2, 0.25) is 5.02 Å². The molecule has 2 amide bonds. The van der Waals surface area contributed by atoms with E-state index in [1.54, 1.807) is 19.1 Å². The van der Waals surface area contributed by atoms with Gasteiger partial charge in [0.1, 0.15) is 11.5 Å². The molecule has 2 rings (SSSR count). The van der Waals surface area contributed by atoms with E-state index < -0.39 is 23.9 Å². The highest BCUT2D eigenvalue weighted by atomic mass is 35.5. The van der Waals surface area contributed by atoms with Crippen molar-refractivity contribution in [3.05, 3.63) is 52.5 Å². The molecule has 29 heavy (non-hydrogen) atoms. The number of carbonyl (C=O) groups is 3. The van der Waals surface area contributed by atoms with Gasteiger partial charge in [-0.25, -0.2) is 4.79 Å². The molecule has 0 saturated heterocycles. The van der Waals surface area contributed by atoms with Crippen molar-refractivity contribution in [2.24, 2.45) is 5.73 Å². The van der Waals surface area contributed by atoms with E-state index in [-0.39, 0.29) is 12.2 Å². The fourth-order valence-corrected chi connectivity index (χ4v) is 2.44. The number of amides is 2. The first-order valence-corrected chi connectivity index (χ1v) is 8.96. The largest absolute Gasteiger partial charge is 0.495 e. The number of anilines is 1. The van der Waals surface area contributed by atoms with Gasteiger partial charge in [0.05, 0.1) is 18.4 Å². The van der Waals surface area contributed by atoms with Crippen LogP contribution in [0.25, 0.3) is 0 Å². The van der Waals surface area contributed by atoms with Crippen LogP contribution < -0.4 is 20.5 Å². The van der Waals surface area contributed by atoms with Crippen LogP contribution in [0.5, 0.6) is 11.5 Å². The molecule has 0 fully saturated rings. The van der Waals surface area contributed by atoms with Crippen LogP contribution in [0.3, 0.4) is 0 Å². The van der Waals surface area contributed by atoms with E-state index in [1.807, 2.05) is 0 Å². The van der Waals surface area contributed by atoms with E-state index >= 15 is 0 Å². The van der Waals surface area contributed by atoms with Gasteiger partial charge in [0.25, 0.3) is 11.8 Å². The van der Waals surface area contributed by atoms with Gasteiger partial charge in [-0.2, -0.15) is 0 Å². The lowest BCUT2D eigenvalue weighted by Gasteiger charge is -2.16. The molecule has 2 aromatic carbocycles. The standard InChI is InChI=1S/C20H21ClN2O6/c1-11-8-16(17(27-3)9-15(11)21)23-19(25)12(2)29-20(26)13-4-6-14(7-5-13)28-10-18(22)24/h4-9,12H,10H2,1-3H3,(H2,22,24)(H,23,25)/t12-/m1/s1. The molecule has 3 N–H and O–H groups in total. The van der Waals surface area contributed by atoms with Crippen molar-refractivity contribution in [3.63, 3.8) is 0 Å². The third kappa shape index (κ3) is 6.11. The highest BCUT2D eigenvalue weighted by Crippen LogP contribution is 2.31. The zero-order chi connectivity index (χ0) is 21.6. The van der Waals surface area contributed by atoms with Gasteiger partial charge >= 0.3 is 5.97 Å². The maximum Gasteiger partial charge on any atom is 0.338 e. The number of ether oxygens (including phenoxy) is 3. The number of methoxy groups -OCH3 is 1. The lowest BCUT2D eigenvalue weighted by Crippen LogP contribution is -2.30.